The summed E-state index contributed by atoms with van der Waals surface area (Å²) in [4.78, 5) is 33.6. The van der Waals surface area contributed by atoms with Crippen LogP contribution in [-0.2, 0) is 0 Å². The zero-order valence-corrected chi connectivity index (χ0v) is 14.6. The molecule has 0 amide bonds. The van der Waals surface area contributed by atoms with Crippen LogP contribution in [0.1, 0.15) is 32.0 Å². The monoisotopic (exact) mass is 384 g/mol. The quantitative estimate of drug-likeness (QED) is 0.803. The number of hydrogen-bond acceptors (Lipinski definition) is 5. The van der Waals surface area contributed by atoms with E-state index in [2.05, 4.69) is 25.9 Å². The van der Waals surface area contributed by atoms with Crippen molar-refractivity contribution in [2.75, 3.05) is 7.05 Å². The Hall–Kier alpha value is -2.60. The third-order valence-corrected chi connectivity index (χ3v) is 4.33. The molecule has 0 fully saturated rings. The van der Waals surface area contributed by atoms with Gasteiger partial charge in [0.1, 0.15) is 5.69 Å². The molecule has 5 nitrogen and oxygen atoms in total. The number of aliphatic hydroxyl groups is 1. The maximum Gasteiger partial charge on any atom is 0.230 e. The molecule has 0 radical (unpaired) electrons. The van der Waals surface area contributed by atoms with E-state index in [0.29, 0.717) is 11.1 Å². The van der Waals surface area contributed by atoms with E-state index in [1.165, 1.54) is 13.2 Å². The number of aromatic nitrogens is 1. The molecular weight excluding hydrogens is 372 g/mol. The van der Waals surface area contributed by atoms with Crippen molar-refractivity contribution >= 4 is 33.2 Å². The van der Waals surface area contributed by atoms with E-state index in [1.807, 2.05) is 6.07 Å². The maximum absolute atomic E-state index is 12.9. The number of ketones is 2. The minimum absolute atomic E-state index is 0.0453. The minimum atomic E-state index is -0.610. The smallest absolute Gasteiger partial charge is 0.230 e. The fourth-order valence-corrected chi connectivity index (χ4v) is 3.11. The first kappa shape index (κ1) is 16.3. The van der Waals surface area contributed by atoms with Crippen LogP contribution in [0.2, 0.25) is 0 Å². The molecule has 1 aromatic carbocycles. The topological polar surface area (TPSA) is 79.6 Å². The number of rotatable bonds is 2. The third kappa shape index (κ3) is 2.49. The van der Waals surface area contributed by atoms with Crippen LogP contribution >= 0.6 is 15.9 Å². The van der Waals surface area contributed by atoms with Crippen molar-refractivity contribution in [3.05, 3.63) is 74.7 Å². The molecule has 0 unspecified atom stereocenters. The SMILES string of the molecule is CN=C(C1=C(O)C(=O)c2c(C)ccnc2C1=O)c1cccc(Br)c1. The molecule has 24 heavy (non-hydrogen) atoms. The number of aryl methyl sites for hydroxylation is 1. The van der Waals surface area contributed by atoms with Crippen LogP contribution in [0.3, 0.4) is 0 Å². The van der Waals surface area contributed by atoms with Gasteiger partial charge in [0.25, 0.3) is 0 Å². The van der Waals surface area contributed by atoms with Gasteiger partial charge >= 0.3 is 0 Å². The number of carbonyl (C=O) groups is 2. The number of Topliss-reactive ketones (excluding diaryl/α,β-unsaturated/α-hetero) is 2. The Morgan fingerprint density at radius 2 is 1.96 bits per heavy atom. The molecule has 1 N–H and O–H groups in total. The molecule has 0 bridgehead atoms. The van der Waals surface area contributed by atoms with Crippen molar-refractivity contribution in [3.8, 4) is 0 Å². The van der Waals surface area contributed by atoms with Crippen molar-refractivity contribution in [1.82, 2.24) is 4.98 Å². The lowest BCUT2D eigenvalue weighted by molar-refractivity contribution is 0.0930. The lowest BCUT2D eigenvalue weighted by Gasteiger charge is -2.19. The van der Waals surface area contributed by atoms with E-state index in [0.717, 1.165) is 4.47 Å². The molecule has 1 aliphatic carbocycles. The zero-order chi connectivity index (χ0) is 17.4. The molecule has 0 saturated carbocycles. The van der Waals surface area contributed by atoms with Crippen molar-refractivity contribution in [2.45, 2.75) is 6.92 Å². The summed E-state index contributed by atoms with van der Waals surface area (Å²) in [5, 5.41) is 10.4. The van der Waals surface area contributed by atoms with Crippen LogP contribution in [0.5, 0.6) is 0 Å². The van der Waals surface area contributed by atoms with E-state index in [1.54, 1.807) is 31.2 Å². The second-order valence-electron chi connectivity index (χ2n) is 5.32. The second kappa shape index (κ2) is 6.13. The molecule has 1 heterocycles. The lowest BCUT2D eigenvalue weighted by Crippen LogP contribution is -2.28. The van der Waals surface area contributed by atoms with Crippen LogP contribution in [-0.4, -0.2) is 34.4 Å². The average molecular weight is 385 g/mol. The standard InChI is InChI=1S/C18H13BrN2O3/c1-9-6-7-21-15-12(9)17(23)18(24)13(16(15)22)14(20-2)10-4-3-5-11(19)8-10/h3-8,24H,1-2H3. The molecule has 0 spiro atoms. The highest BCUT2D eigenvalue weighted by molar-refractivity contribution is 9.10. The highest BCUT2D eigenvalue weighted by Crippen LogP contribution is 2.29. The zero-order valence-electron chi connectivity index (χ0n) is 13.0. The number of allylic oxidation sites excluding steroid dienone is 2. The summed E-state index contributed by atoms with van der Waals surface area (Å²) >= 11 is 3.36. The van der Waals surface area contributed by atoms with Gasteiger partial charge in [-0.1, -0.05) is 28.1 Å². The molecule has 1 aromatic heterocycles. The molecule has 120 valence electrons. The molecule has 1 aliphatic rings. The van der Waals surface area contributed by atoms with E-state index in [-0.39, 0.29) is 22.5 Å². The number of halogens is 1. The van der Waals surface area contributed by atoms with Gasteiger partial charge in [-0.15, -0.1) is 0 Å². The van der Waals surface area contributed by atoms with Gasteiger partial charge in [0.05, 0.1) is 16.8 Å². The van der Waals surface area contributed by atoms with Gasteiger partial charge in [0.15, 0.2) is 5.76 Å². The molecule has 3 rings (SSSR count). The van der Waals surface area contributed by atoms with Crippen LogP contribution < -0.4 is 0 Å². The van der Waals surface area contributed by atoms with Gasteiger partial charge in [-0.2, -0.15) is 0 Å². The van der Waals surface area contributed by atoms with Crippen molar-refractivity contribution in [2.24, 2.45) is 4.99 Å². The van der Waals surface area contributed by atoms with Crippen molar-refractivity contribution in [1.29, 1.82) is 0 Å². The van der Waals surface area contributed by atoms with Crippen LogP contribution in [0.4, 0.5) is 0 Å². The van der Waals surface area contributed by atoms with Crippen LogP contribution in [0.15, 0.2) is 57.3 Å². The minimum Gasteiger partial charge on any atom is -0.504 e. The summed E-state index contributed by atoms with van der Waals surface area (Å²) in [5.41, 5.74) is 1.54. The van der Waals surface area contributed by atoms with Gasteiger partial charge in [-0.3, -0.25) is 19.6 Å². The molecule has 0 atom stereocenters. The third-order valence-electron chi connectivity index (χ3n) is 3.84. The van der Waals surface area contributed by atoms with E-state index >= 15 is 0 Å². The lowest BCUT2D eigenvalue weighted by atomic mass is 9.85. The predicted octanol–water partition coefficient (Wildman–Crippen LogP) is 3.46. The average Bonchev–Trinajstić information content (AvgIpc) is 2.56. The van der Waals surface area contributed by atoms with Gasteiger partial charge in [0.2, 0.25) is 11.6 Å². The highest BCUT2D eigenvalue weighted by atomic mass is 79.9. The van der Waals surface area contributed by atoms with Crippen LogP contribution in [0, 0.1) is 6.92 Å². The van der Waals surface area contributed by atoms with Crippen molar-refractivity contribution < 1.29 is 14.7 Å². The first-order valence-electron chi connectivity index (χ1n) is 7.17. The van der Waals surface area contributed by atoms with E-state index < -0.39 is 17.3 Å². The van der Waals surface area contributed by atoms with E-state index in [9.17, 15) is 14.7 Å². The van der Waals surface area contributed by atoms with Crippen molar-refractivity contribution in [3.63, 3.8) is 0 Å². The number of carbonyl (C=O) groups excluding carboxylic acids is 2. The Morgan fingerprint density at radius 1 is 1.21 bits per heavy atom. The summed E-state index contributed by atoms with van der Waals surface area (Å²) < 4.78 is 0.796. The largest absolute Gasteiger partial charge is 0.504 e. The first-order valence-corrected chi connectivity index (χ1v) is 7.96. The summed E-state index contributed by atoms with van der Waals surface area (Å²) in [5.74, 6) is -1.71. The van der Waals surface area contributed by atoms with Gasteiger partial charge in [-0.05, 0) is 30.7 Å². The maximum atomic E-state index is 12.9. The highest BCUT2D eigenvalue weighted by Gasteiger charge is 2.37. The Balaban J connectivity index is 2.23. The number of fused-ring (bicyclic) bond motifs is 1. The molecular formula is C18H13BrN2O3. The number of aliphatic imine (C=N–C) groups is 1. The molecule has 0 saturated heterocycles. The fourth-order valence-electron chi connectivity index (χ4n) is 2.72. The summed E-state index contributed by atoms with van der Waals surface area (Å²) in [6, 6.07) is 8.77. The summed E-state index contributed by atoms with van der Waals surface area (Å²) in [6.45, 7) is 1.70. The van der Waals surface area contributed by atoms with Crippen LogP contribution in [0.25, 0.3) is 0 Å². The molecule has 2 aromatic rings. The molecule has 6 heteroatoms. The Morgan fingerprint density at radius 3 is 2.62 bits per heavy atom. The Bertz CT molecular complexity index is 945. The molecule has 0 aliphatic heterocycles. The second-order valence-corrected chi connectivity index (χ2v) is 6.23. The summed E-state index contributed by atoms with van der Waals surface area (Å²) in [6.07, 6.45) is 1.47. The normalized spacial score (nSPS) is 14.9. The number of aliphatic hydroxyl groups excluding tert-OH is 1. The van der Waals surface area contributed by atoms with Gasteiger partial charge in [0, 0.05) is 23.3 Å². The number of hydrogen-bond donors (Lipinski definition) is 1. The Kier molecular flexibility index (Phi) is 4.15. The summed E-state index contributed by atoms with van der Waals surface area (Å²) in [7, 11) is 1.51. The van der Waals surface area contributed by atoms with Gasteiger partial charge in [-0.25, -0.2) is 0 Å². The first-order chi connectivity index (χ1) is 11.5. The number of nitrogens with zero attached hydrogens (tertiary/aromatic N) is 2. The Labute approximate surface area is 146 Å². The predicted molar refractivity (Wildman–Crippen MR) is 93.9 cm³/mol. The van der Waals surface area contributed by atoms with Gasteiger partial charge < -0.3 is 5.11 Å². The number of benzene rings is 1. The number of pyridine rings is 1. The van der Waals surface area contributed by atoms with E-state index in [4.69, 9.17) is 0 Å². The fraction of sp³-hybridized carbons (Fsp3) is 0.111.